The summed E-state index contributed by atoms with van der Waals surface area (Å²) in [6.45, 7) is 0. The predicted molar refractivity (Wildman–Crippen MR) is 112 cm³/mol. The third-order valence-electron chi connectivity index (χ3n) is 6.45. The number of fused-ring (bicyclic) bond motifs is 3. The molecule has 0 unspecified atom stereocenters. The van der Waals surface area contributed by atoms with Crippen LogP contribution in [0.1, 0.15) is 53.3 Å². The molecule has 1 N–H and O–H groups in total. The van der Waals surface area contributed by atoms with Crippen molar-refractivity contribution in [2.75, 3.05) is 0 Å². The summed E-state index contributed by atoms with van der Waals surface area (Å²) >= 11 is 0. The number of nitrogens with zero attached hydrogens (tertiary/aromatic N) is 3. The molecular formula is C24H19FN4O2. The van der Waals surface area contributed by atoms with Crippen molar-refractivity contribution < 1.29 is 13.9 Å². The molecule has 6 nitrogen and oxygen atoms in total. The minimum Gasteiger partial charge on any atom is -0.451 e. The van der Waals surface area contributed by atoms with E-state index in [1.807, 2.05) is 24.3 Å². The van der Waals surface area contributed by atoms with E-state index in [1.165, 1.54) is 12.1 Å². The van der Waals surface area contributed by atoms with Crippen molar-refractivity contribution in [2.24, 2.45) is 0 Å². The molecule has 3 heterocycles. The van der Waals surface area contributed by atoms with Gasteiger partial charge >= 0.3 is 5.97 Å². The van der Waals surface area contributed by atoms with Crippen molar-refractivity contribution in [1.82, 2.24) is 19.9 Å². The number of nitrogens with one attached hydrogen (secondary N) is 1. The number of esters is 1. The Hall–Kier alpha value is -3.61. The number of carbonyl (C=O) groups is 1. The summed E-state index contributed by atoms with van der Waals surface area (Å²) in [5.41, 5.74) is 3.13. The molecule has 4 aromatic rings. The van der Waals surface area contributed by atoms with Crippen LogP contribution in [0.3, 0.4) is 0 Å². The lowest BCUT2D eigenvalue weighted by Crippen LogP contribution is -2.31. The Morgan fingerprint density at radius 1 is 1.06 bits per heavy atom. The smallest absolute Gasteiger partial charge is 0.339 e. The summed E-state index contributed by atoms with van der Waals surface area (Å²) in [7, 11) is 0. The van der Waals surface area contributed by atoms with E-state index in [4.69, 9.17) is 9.72 Å². The average Bonchev–Trinajstić information content (AvgIpc) is 3.33. The van der Waals surface area contributed by atoms with Gasteiger partial charge in [-0.15, -0.1) is 0 Å². The Morgan fingerprint density at radius 2 is 1.90 bits per heavy atom. The second-order valence-electron chi connectivity index (χ2n) is 8.26. The molecule has 7 heteroatoms. The van der Waals surface area contributed by atoms with Crippen LogP contribution in [0.4, 0.5) is 4.39 Å². The van der Waals surface area contributed by atoms with Crippen molar-refractivity contribution in [1.29, 1.82) is 0 Å². The van der Waals surface area contributed by atoms with Gasteiger partial charge in [-0.05, 0) is 43.9 Å². The first-order chi connectivity index (χ1) is 15.1. The quantitative estimate of drug-likeness (QED) is 0.473. The largest absolute Gasteiger partial charge is 0.451 e. The summed E-state index contributed by atoms with van der Waals surface area (Å²) in [6, 6.07) is 13.9. The maximum Gasteiger partial charge on any atom is 0.339 e. The number of imidazole rings is 1. The van der Waals surface area contributed by atoms with Gasteiger partial charge in [-0.25, -0.2) is 24.1 Å². The Balaban J connectivity index is 1.26. The molecule has 31 heavy (non-hydrogen) atoms. The van der Waals surface area contributed by atoms with E-state index in [9.17, 15) is 9.18 Å². The molecule has 2 aromatic heterocycles. The van der Waals surface area contributed by atoms with Gasteiger partial charge in [-0.3, -0.25) is 0 Å². The molecule has 2 aliphatic rings. The molecular weight excluding hydrogens is 395 g/mol. The van der Waals surface area contributed by atoms with E-state index in [1.54, 1.807) is 18.3 Å². The van der Waals surface area contributed by atoms with Gasteiger partial charge in [0, 0.05) is 17.0 Å². The molecule has 1 fully saturated rings. The standard InChI is InChI=1S/C24H19FN4O2/c25-16-5-3-4-15(12-16)20-26-13-19-22(28-20)29-21(27-19)14-8-10-24(11-9-14)18-7-2-1-6-17(18)23(30)31-24/h1-7,12-14H,8-11H2,(H,26,27,28,29). The second-order valence-corrected chi connectivity index (χ2v) is 8.26. The van der Waals surface area contributed by atoms with Crippen LogP contribution in [0.15, 0.2) is 54.7 Å². The minimum atomic E-state index is -0.513. The van der Waals surface area contributed by atoms with E-state index in [-0.39, 0.29) is 17.7 Å². The fourth-order valence-corrected chi connectivity index (χ4v) is 4.86. The molecule has 6 rings (SSSR count). The van der Waals surface area contributed by atoms with Crippen LogP contribution < -0.4 is 0 Å². The van der Waals surface area contributed by atoms with Gasteiger partial charge in [-0.2, -0.15) is 0 Å². The maximum atomic E-state index is 13.5. The number of benzene rings is 2. The van der Waals surface area contributed by atoms with Gasteiger partial charge in [0.2, 0.25) is 0 Å². The van der Waals surface area contributed by atoms with Crippen LogP contribution in [-0.2, 0) is 10.3 Å². The lowest BCUT2D eigenvalue weighted by Gasteiger charge is -2.35. The van der Waals surface area contributed by atoms with Crippen LogP contribution >= 0.6 is 0 Å². The number of ether oxygens (including phenoxy) is 1. The fourth-order valence-electron chi connectivity index (χ4n) is 4.86. The first-order valence-corrected chi connectivity index (χ1v) is 10.4. The highest BCUT2D eigenvalue weighted by Crippen LogP contribution is 2.49. The maximum absolute atomic E-state index is 13.5. The molecule has 1 aliphatic carbocycles. The third-order valence-corrected chi connectivity index (χ3v) is 6.45. The highest BCUT2D eigenvalue weighted by atomic mass is 19.1. The molecule has 0 saturated heterocycles. The number of aromatic amines is 1. The molecule has 0 bridgehead atoms. The number of hydrogen-bond donors (Lipinski definition) is 1. The van der Waals surface area contributed by atoms with Crippen molar-refractivity contribution in [3.63, 3.8) is 0 Å². The zero-order valence-corrected chi connectivity index (χ0v) is 16.6. The van der Waals surface area contributed by atoms with E-state index in [0.717, 1.165) is 37.1 Å². The fraction of sp³-hybridized carbons (Fsp3) is 0.250. The van der Waals surface area contributed by atoms with E-state index < -0.39 is 5.60 Å². The van der Waals surface area contributed by atoms with E-state index in [0.29, 0.717) is 28.1 Å². The Morgan fingerprint density at radius 3 is 2.74 bits per heavy atom. The average molecular weight is 414 g/mol. The second kappa shape index (κ2) is 6.70. The summed E-state index contributed by atoms with van der Waals surface area (Å²) in [6.07, 6.45) is 4.90. The minimum absolute atomic E-state index is 0.224. The zero-order valence-electron chi connectivity index (χ0n) is 16.6. The van der Waals surface area contributed by atoms with Crippen molar-refractivity contribution >= 4 is 17.1 Å². The molecule has 0 amide bonds. The number of rotatable bonds is 2. The third kappa shape index (κ3) is 2.91. The van der Waals surface area contributed by atoms with Gasteiger partial charge < -0.3 is 9.72 Å². The summed E-state index contributed by atoms with van der Waals surface area (Å²) in [5.74, 6) is 1.01. The molecule has 1 saturated carbocycles. The number of carbonyl (C=O) groups excluding carboxylic acids is 1. The zero-order chi connectivity index (χ0) is 21.0. The van der Waals surface area contributed by atoms with Gasteiger partial charge in [0.15, 0.2) is 11.5 Å². The van der Waals surface area contributed by atoms with Crippen molar-refractivity contribution in [3.05, 3.63) is 77.5 Å². The topological polar surface area (TPSA) is 80.8 Å². The van der Waals surface area contributed by atoms with Crippen LogP contribution in [-0.4, -0.2) is 25.9 Å². The highest BCUT2D eigenvalue weighted by Gasteiger charge is 2.47. The molecule has 2 aromatic carbocycles. The molecule has 154 valence electrons. The summed E-state index contributed by atoms with van der Waals surface area (Å²) in [5, 5.41) is 0. The SMILES string of the molecule is O=C1OC2(CCC(c3nc4cnc(-c5cccc(F)c5)nc4[nH]3)CC2)c2ccccc21. The lowest BCUT2D eigenvalue weighted by molar-refractivity contribution is -0.0312. The number of halogens is 1. The molecule has 1 aliphatic heterocycles. The summed E-state index contributed by atoms with van der Waals surface area (Å²) in [4.78, 5) is 29.2. The number of aromatic nitrogens is 4. The van der Waals surface area contributed by atoms with Gasteiger partial charge in [0.05, 0.1) is 11.8 Å². The monoisotopic (exact) mass is 414 g/mol. The number of H-pyrrole nitrogens is 1. The van der Waals surface area contributed by atoms with Gasteiger partial charge in [-0.1, -0.05) is 30.3 Å². The van der Waals surface area contributed by atoms with E-state index in [2.05, 4.69) is 15.0 Å². The first kappa shape index (κ1) is 18.2. The number of hydrogen-bond acceptors (Lipinski definition) is 5. The van der Waals surface area contributed by atoms with Crippen LogP contribution in [0.2, 0.25) is 0 Å². The Bertz CT molecular complexity index is 1320. The summed E-state index contributed by atoms with van der Waals surface area (Å²) < 4.78 is 19.4. The Kier molecular flexibility index (Phi) is 3.93. The lowest BCUT2D eigenvalue weighted by atomic mass is 9.75. The van der Waals surface area contributed by atoms with E-state index >= 15 is 0 Å². The molecule has 0 atom stereocenters. The van der Waals surface area contributed by atoms with Gasteiger partial charge in [0.25, 0.3) is 0 Å². The normalized spacial score (nSPS) is 22.6. The molecule has 0 radical (unpaired) electrons. The van der Waals surface area contributed by atoms with Gasteiger partial charge in [0.1, 0.15) is 22.8 Å². The first-order valence-electron chi connectivity index (χ1n) is 10.4. The Labute approximate surface area is 177 Å². The predicted octanol–water partition coefficient (Wildman–Crippen LogP) is 4.88. The molecule has 1 spiro atoms. The van der Waals surface area contributed by atoms with Crippen LogP contribution in [0, 0.1) is 5.82 Å². The van der Waals surface area contributed by atoms with Crippen molar-refractivity contribution in [3.8, 4) is 11.4 Å². The van der Waals surface area contributed by atoms with Crippen LogP contribution in [0.5, 0.6) is 0 Å². The van der Waals surface area contributed by atoms with Crippen molar-refractivity contribution in [2.45, 2.75) is 37.2 Å². The highest BCUT2D eigenvalue weighted by molar-refractivity contribution is 5.94. The van der Waals surface area contributed by atoms with Crippen LogP contribution in [0.25, 0.3) is 22.6 Å².